The molecule has 2 aliphatic heterocycles. The molecule has 1 aromatic carbocycles. The summed E-state index contributed by atoms with van der Waals surface area (Å²) in [5, 5.41) is 3.10. The molecule has 1 saturated carbocycles. The first-order valence-corrected chi connectivity index (χ1v) is 9.51. The van der Waals surface area contributed by atoms with Gasteiger partial charge >= 0.3 is 0 Å². The van der Waals surface area contributed by atoms with Crippen molar-refractivity contribution in [1.82, 2.24) is 5.32 Å². The van der Waals surface area contributed by atoms with Crippen LogP contribution in [0.1, 0.15) is 44.2 Å². The van der Waals surface area contributed by atoms with E-state index in [4.69, 9.17) is 18.9 Å². The number of amides is 1. The van der Waals surface area contributed by atoms with Crippen LogP contribution in [0.2, 0.25) is 0 Å². The number of hydrogen-bond acceptors (Lipinski definition) is 5. The van der Waals surface area contributed by atoms with Crippen molar-refractivity contribution >= 4 is 5.91 Å². The summed E-state index contributed by atoms with van der Waals surface area (Å²) in [5.41, 5.74) is 1.10. The molecule has 1 N–H and O–H groups in total. The van der Waals surface area contributed by atoms with Crippen LogP contribution in [-0.2, 0) is 23.7 Å². The van der Waals surface area contributed by atoms with E-state index in [0.717, 1.165) is 18.4 Å². The van der Waals surface area contributed by atoms with Gasteiger partial charge in [0.25, 0.3) is 0 Å². The molecule has 1 aromatic rings. The molecule has 0 aromatic heterocycles. The number of rotatable bonds is 4. The van der Waals surface area contributed by atoms with Gasteiger partial charge in [0.05, 0.1) is 38.9 Å². The van der Waals surface area contributed by atoms with Crippen LogP contribution >= 0.6 is 0 Å². The highest BCUT2D eigenvalue weighted by molar-refractivity contribution is 5.76. The summed E-state index contributed by atoms with van der Waals surface area (Å²) in [4.78, 5) is 12.7. The molecular weight excluding hydrogens is 334 g/mol. The summed E-state index contributed by atoms with van der Waals surface area (Å²) < 4.78 is 23.7. The van der Waals surface area contributed by atoms with E-state index >= 15 is 0 Å². The average Bonchev–Trinajstić information content (AvgIpc) is 3.29. The molecule has 3 fully saturated rings. The monoisotopic (exact) mass is 361 g/mol. The van der Waals surface area contributed by atoms with E-state index in [0.29, 0.717) is 39.3 Å². The number of nitrogens with one attached hydrogen (secondary N) is 1. The van der Waals surface area contributed by atoms with Gasteiger partial charge in [0.2, 0.25) is 5.91 Å². The topological polar surface area (TPSA) is 66.0 Å². The molecule has 0 radical (unpaired) electrons. The van der Waals surface area contributed by atoms with Gasteiger partial charge in [-0.05, 0) is 18.9 Å². The fraction of sp³-hybridized carbons (Fsp3) is 0.650. The van der Waals surface area contributed by atoms with Gasteiger partial charge in [-0.15, -0.1) is 0 Å². The fourth-order valence-corrected chi connectivity index (χ4v) is 4.38. The van der Waals surface area contributed by atoms with Crippen LogP contribution in [0.3, 0.4) is 0 Å². The molecule has 1 aliphatic carbocycles. The van der Waals surface area contributed by atoms with Crippen LogP contribution in [0.25, 0.3) is 0 Å². The third kappa shape index (κ3) is 3.51. The van der Waals surface area contributed by atoms with Crippen LogP contribution < -0.4 is 5.32 Å². The summed E-state index contributed by atoms with van der Waals surface area (Å²) in [5.74, 6) is -1.34. The molecule has 2 saturated heterocycles. The molecule has 1 amide bonds. The highest BCUT2D eigenvalue weighted by Crippen LogP contribution is 2.49. The maximum Gasteiger partial charge on any atom is 0.220 e. The van der Waals surface area contributed by atoms with E-state index in [9.17, 15) is 4.79 Å². The minimum absolute atomic E-state index is 0.00592. The summed E-state index contributed by atoms with van der Waals surface area (Å²) in [6.45, 7) is 4.32. The Balaban J connectivity index is 1.41. The predicted molar refractivity (Wildman–Crippen MR) is 94.2 cm³/mol. The quantitative estimate of drug-likeness (QED) is 0.893. The van der Waals surface area contributed by atoms with Crippen molar-refractivity contribution in [2.45, 2.75) is 50.2 Å². The van der Waals surface area contributed by atoms with Gasteiger partial charge in [0.15, 0.2) is 11.6 Å². The van der Waals surface area contributed by atoms with E-state index in [-0.39, 0.29) is 17.9 Å². The van der Waals surface area contributed by atoms with E-state index in [1.165, 1.54) is 0 Å². The van der Waals surface area contributed by atoms with Gasteiger partial charge < -0.3 is 24.3 Å². The summed E-state index contributed by atoms with van der Waals surface area (Å²) in [7, 11) is 0. The van der Waals surface area contributed by atoms with Crippen molar-refractivity contribution in [3.05, 3.63) is 35.9 Å². The van der Waals surface area contributed by atoms with Gasteiger partial charge in [0.1, 0.15) is 0 Å². The maximum absolute atomic E-state index is 12.7. The van der Waals surface area contributed by atoms with Crippen molar-refractivity contribution in [2.75, 3.05) is 26.4 Å². The van der Waals surface area contributed by atoms with Crippen molar-refractivity contribution in [2.24, 2.45) is 5.92 Å². The van der Waals surface area contributed by atoms with Crippen LogP contribution in [0.15, 0.2) is 30.3 Å². The average molecular weight is 361 g/mol. The molecule has 2 spiro atoms. The smallest absolute Gasteiger partial charge is 0.220 e. The second kappa shape index (κ2) is 7.27. The SMILES string of the molecule is C[C@@H](NC(=O)CC1CCC2(CC13OCCO3)OCCO2)c1ccccc1. The van der Waals surface area contributed by atoms with E-state index in [1.54, 1.807) is 0 Å². The number of hydrogen-bond donors (Lipinski definition) is 1. The number of carbonyl (C=O) groups excluding carboxylic acids is 1. The summed E-state index contributed by atoms with van der Waals surface area (Å²) in [6.07, 6.45) is 2.47. The molecule has 2 heterocycles. The van der Waals surface area contributed by atoms with Crippen LogP contribution in [0.4, 0.5) is 0 Å². The molecule has 2 atom stereocenters. The summed E-state index contributed by atoms with van der Waals surface area (Å²) in [6, 6.07) is 9.96. The standard InChI is InChI=1S/C20H27NO5/c1-15(16-5-3-2-4-6-16)21-18(22)13-17-7-8-19(23-9-10-24-19)14-20(17)25-11-12-26-20/h2-6,15,17H,7-14H2,1H3,(H,21,22)/t15-,17?/m1/s1. The predicted octanol–water partition coefficient (Wildman–Crippen LogP) is 2.54. The molecule has 26 heavy (non-hydrogen) atoms. The molecule has 6 nitrogen and oxygen atoms in total. The normalized spacial score (nSPS) is 27.7. The zero-order chi connectivity index (χ0) is 18.0. The maximum atomic E-state index is 12.7. The van der Waals surface area contributed by atoms with Gasteiger partial charge in [-0.2, -0.15) is 0 Å². The lowest BCUT2D eigenvalue weighted by Crippen LogP contribution is -2.53. The lowest BCUT2D eigenvalue weighted by Gasteiger charge is -2.46. The first-order valence-electron chi connectivity index (χ1n) is 9.51. The third-order valence-corrected chi connectivity index (χ3v) is 5.71. The molecule has 6 heteroatoms. The second-order valence-electron chi connectivity index (χ2n) is 7.43. The summed E-state index contributed by atoms with van der Waals surface area (Å²) >= 11 is 0. The Bertz CT molecular complexity index is 622. The second-order valence-corrected chi connectivity index (χ2v) is 7.43. The first kappa shape index (κ1) is 17.9. The minimum Gasteiger partial charge on any atom is -0.350 e. The van der Waals surface area contributed by atoms with Gasteiger partial charge in [0, 0.05) is 18.8 Å². The van der Waals surface area contributed by atoms with Crippen molar-refractivity contribution < 1.29 is 23.7 Å². The van der Waals surface area contributed by atoms with E-state index in [1.807, 2.05) is 37.3 Å². The lowest BCUT2D eigenvalue weighted by molar-refractivity contribution is -0.295. The molecule has 3 aliphatic rings. The lowest BCUT2D eigenvalue weighted by atomic mass is 9.77. The molecule has 4 rings (SSSR count). The first-order chi connectivity index (χ1) is 12.6. The Hall–Kier alpha value is -1.47. The van der Waals surface area contributed by atoms with Gasteiger partial charge in [-0.25, -0.2) is 0 Å². The van der Waals surface area contributed by atoms with Crippen molar-refractivity contribution in [3.63, 3.8) is 0 Å². The van der Waals surface area contributed by atoms with E-state index < -0.39 is 11.6 Å². The Labute approximate surface area is 154 Å². The highest BCUT2D eigenvalue weighted by atomic mass is 16.8. The van der Waals surface area contributed by atoms with Gasteiger partial charge in [-0.3, -0.25) is 4.79 Å². The number of carbonyl (C=O) groups is 1. The van der Waals surface area contributed by atoms with E-state index in [2.05, 4.69) is 5.32 Å². The largest absolute Gasteiger partial charge is 0.350 e. The zero-order valence-electron chi connectivity index (χ0n) is 15.2. The van der Waals surface area contributed by atoms with Crippen LogP contribution in [0, 0.1) is 5.92 Å². The van der Waals surface area contributed by atoms with Crippen molar-refractivity contribution in [1.29, 1.82) is 0 Å². The molecule has 1 unspecified atom stereocenters. The Morgan fingerprint density at radius 3 is 2.46 bits per heavy atom. The minimum atomic E-state index is -0.768. The fourth-order valence-electron chi connectivity index (χ4n) is 4.38. The van der Waals surface area contributed by atoms with Crippen LogP contribution in [0.5, 0.6) is 0 Å². The molecular formula is C20H27NO5. The molecule has 0 bridgehead atoms. The van der Waals surface area contributed by atoms with Crippen LogP contribution in [-0.4, -0.2) is 43.9 Å². The highest BCUT2D eigenvalue weighted by Gasteiger charge is 2.57. The third-order valence-electron chi connectivity index (χ3n) is 5.71. The Morgan fingerprint density at radius 1 is 1.12 bits per heavy atom. The molecule has 142 valence electrons. The number of ether oxygens (including phenoxy) is 4. The Kier molecular flexibility index (Phi) is 5.01. The number of benzene rings is 1. The Morgan fingerprint density at radius 2 is 1.77 bits per heavy atom. The van der Waals surface area contributed by atoms with Crippen molar-refractivity contribution in [3.8, 4) is 0 Å². The zero-order valence-corrected chi connectivity index (χ0v) is 15.2. The van der Waals surface area contributed by atoms with Gasteiger partial charge in [-0.1, -0.05) is 30.3 Å².